The average molecular weight is 770 g/mol. The number of imidazole rings is 1. The Morgan fingerprint density at radius 3 is 1.75 bits per heavy atom. The quantitative estimate of drug-likeness (QED) is 0.137. The van der Waals surface area contributed by atoms with Gasteiger partial charge in [0.05, 0.1) is 33.8 Å². The molecule has 10 aromatic rings. The predicted molar refractivity (Wildman–Crippen MR) is 249 cm³/mol. The number of pyridine rings is 1. The zero-order chi connectivity index (χ0) is 40.4. The van der Waals surface area contributed by atoms with Crippen LogP contribution in [0.1, 0.15) is 11.3 Å². The third-order valence-electron chi connectivity index (χ3n) is 11.0. The van der Waals surface area contributed by atoms with E-state index in [0.29, 0.717) is 5.82 Å². The molecule has 0 aliphatic carbocycles. The molecule has 284 valence electrons. The molecule has 60 heavy (non-hydrogen) atoms. The van der Waals surface area contributed by atoms with Gasteiger partial charge in [-0.2, -0.15) is 0 Å². The summed E-state index contributed by atoms with van der Waals surface area (Å²) in [5.74, 6) is 1.55. The van der Waals surface area contributed by atoms with Crippen LogP contribution >= 0.6 is 0 Å². The summed E-state index contributed by atoms with van der Waals surface area (Å²) in [6.07, 6.45) is 5.76. The molecule has 5 nitrogen and oxygen atoms in total. The molecule has 0 amide bonds. The molecule has 0 fully saturated rings. The Morgan fingerprint density at radius 2 is 1.07 bits per heavy atom. The van der Waals surface area contributed by atoms with Gasteiger partial charge in [0, 0.05) is 38.9 Å². The number of aryl methyl sites for hydroxylation is 1. The van der Waals surface area contributed by atoms with Gasteiger partial charge in [-0.3, -0.25) is 4.57 Å². The van der Waals surface area contributed by atoms with Gasteiger partial charge in [0.15, 0.2) is 5.82 Å². The second kappa shape index (κ2) is 15.7. The topological polar surface area (TPSA) is 56.5 Å². The van der Waals surface area contributed by atoms with Crippen LogP contribution in [-0.2, 0) is 0 Å². The first-order valence-corrected chi connectivity index (χ1v) is 20.1. The number of hydrogen-bond acceptors (Lipinski definition) is 4. The zero-order valence-electron chi connectivity index (χ0n) is 33.1. The van der Waals surface area contributed by atoms with E-state index in [-0.39, 0.29) is 0 Å². The van der Waals surface area contributed by atoms with E-state index in [2.05, 4.69) is 170 Å². The van der Waals surface area contributed by atoms with Crippen LogP contribution in [0.5, 0.6) is 0 Å². The van der Waals surface area contributed by atoms with Crippen LogP contribution in [0.2, 0.25) is 0 Å². The van der Waals surface area contributed by atoms with Crippen LogP contribution in [0.15, 0.2) is 207 Å². The van der Waals surface area contributed by atoms with Gasteiger partial charge in [-0.15, -0.1) is 0 Å². The summed E-state index contributed by atoms with van der Waals surface area (Å²) in [7, 11) is 0. The maximum Gasteiger partial charge on any atom is 0.160 e. The Hall–Kier alpha value is -8.02. The molecule has 0 bridgehead atoms. The lowest BCUT2D eigenvalue weighted by atomic mass is 9.96. The van der Waals surface area contributed by atoms with Gasteiger partial charge in [0.1, 0.15) is 5.82 Å². The van der Waals surface area contributed by atoms with Gasteiger partial charge in [-0.05, 0) is 65.4 Å². The second-order valence-corrected chi connectivity index (χ2v) is 14.7. The van der Waals surface area contributed by atoms with Gasteiger partial charge in [0.2, 0.25) is 0 Å². The lowest BCUT2D eigenvalue weighted by Crippen LogP contribution is -1.98. The van der Waals surface area contributed by atoms with E-state index in [9.17, 15) is 0 Å². The fraction of sp³-hybridized carbons (Fsp3) is 0.0182. The number of aromatic nitrogens is 5. The fourth-order valence-electron chi connectivity index (χ4n) is 7.99. The van der Waals surface area contributed by atoms with Crippen molar-refractivity contribution in [3.05, 3.63) is 218 Å². The molecule has 3 heterocycles. The summed E-state index contributed by atoms with van der Waals surface area (Å²) in [6.45, 7) is 6.06. The molecule has 0 saturated heterocycles. The summed E-state index contributed by atoms with van der Waals surface area (Å²) < 4.78 is 2.25. The van der Waals surface area contributed by atoms with Crippen molar-refractivity contribution in [2.24, 2.45) is 0 Å². The van der Waals surface area contributed by atoms with Crippen molar-refractivity contribution >= 4 is 27.9 Å². The van der Waals surface area contributed by atoms with E-state index in [1.165, 1.54) is 0 Å². The molecule has 5 heteroatoms. The van der Waals surface area contributed by atoms with Crippen LogP contribution in [0.3, 0.4) is 0 Å². The van der Waals surface area contributed by atoms with Gasteiger partial charge < -0.3 is 0 Å². The Bertz CT molecular complexity index is 3190. The largest absolute Gasteiger partial charge is 0.292 e. The highest BCUT2D eigenvalue weighted by molar-refractivity contribution is 6.13. The van der Waals surface area contributed by atoms with Gasteiger partial charge >= 0.3 is 0 Å². The number of rotatable bonds is 9. The Morgan fingerprint density at radius 1 is 0.483 bits per heavy atom. The standard InChI is InChI=1S/C55H39N5/c1-3-4-28-47-37(2)46-33-34-50-53(59-55(42-22-13-7-14-23-42)60(50)45-26-15-8-16-27-45)51(46)52(56-47)40-31-29-39(30-32-40)48-36-49(58-54(57-48)41-20-11-6-12-21-41)44-25-17-24-43(35-44)38-18-9-5-10-19-38/h3-36H,1H2,2H3/b28-4-. The molecular formula is C55H39N5. The summed E-state index contributed by atoms with van der Waals surface area (Å²) in [6, 6.07) is 65.1. The number of benzene rings is 7. The van der Waals surface area contributed by atoms with Crippen molar-refractivity contribution in [1.29, 1.82) is 0 Å². The first-order valence-electron chi connectivity index (χ1n) is 20.1. The average Bonchev–Trinajstić information content (AvgIpc) is 3.73. The van der Waals surface area contributed by atoms with E-state index in [4.69, 9.17) is 19.9 Å². The van der Waals surface area contributed by atoms with Crippen LogP contribution < -0.4 is 0 Å². The Balaban J connectivity index is 1.15. The van der Waals surface area contributed by atoms with Crippen molar-refractivity contribution in [3.8, 4) is 73.4 Å². The molecule has 0 unspecified atom stereocenters. The van der Waals surface area contributed by atoms with Crippen LogP contribution in [0, 0.1) is 6.92 Å². The molecule has 7 aromatic carbocycles. The number of fused-ring (bicyclic) bond motifs is 3. The molecule has 0 aliphatic heterocycles. The van der Waals surface area contributed by atoms with E-state index < -0.39 is 0 Å². The molecule has 3 aromatic heterocycles. The fourth-order valence-corrected chi connectivity index (χ4v) is 7.99. The third kappa shape index (κ3) is 6.78. The monoisotopic (exact) mass is 769 g/mol. The minimum absolute atomic E-state index is 0.674. The molecular weight excluding hydrogens is 731 g/mol. The number of nitrogens with zero attached hydrogens (tertiary/aromatic N) is 5. The van der Waals surface area contributed by atoms with Crippen molar-refractivity contribution < 1.29 is 0 Å². The molecule has 0 radical (unpaired) electrons. The van der Waals surface area contributed by atoms with Crippen LogP contribution in [0.25, 0.3) is 101 Å². The van der Waals surface area contributed by atoms with Crippen LogP contribution in [-0.4, -0.2) is 24.5 Å². The van der Waals surface area contributed by atoms with Crippen LogP contribution in [0.4, 0.5) is 0 Å². The second-order valence-electron chi connectivity index (χ2n) is 14.7. The van der Waals surface area contributed by atoms with Gasteiger partial charge in [-0.1, -0.05) is 176 Å². The van der Waals surface area contributed by atoms with Gasteiger partial charge in [-0.25, -0.2) is 19.9 Å². The zero-order valence-corrected chi connectivity index (χ0v) is 33.1. The first kappa shape index (κ1) is 36.3. The highest BCUT2D eigenvalue weighted by Crippen LogP contribution is 2.40. The minimum atomic E-state index is 0.674. The van der Waals surface area contributed by atoms with Crippen molar-refractivity contribution in [2.45, 2.75) is 6.92 Å². The number of para-hydroxylation sites is 1. The van der Waals surface area contributed by atoms with E-state index in [1.54, 1.807) is 6.08 Å². The van der Waals surface area contributed by atoms with E-state index in [1.807, 2.05) is 48.6 Å². The normalized spacial score (nSPS) is 11.4. The third-order valence-corrected chi connectivity index (χ3v) is 11.0. The maximum atomic E-state index is 5.45. The highest BCUT2D eigenvalue weighted by atomic mass is 15.1. The number of allylic oxidation sites excluding steroid dienone is 2. The minimum Gasteiger partial charge on any atom is -0.292 e. The summed E-state index contributed by atoms with van der Waals surface area (Å²) >= 11 is 0. The molecule has 0 aliphatic rings. The Kier molecular flexibility index (Phi) is 9.52. The lowest BCUT2D eigenvalue weighted by Gasteiger charge is -2.14. The molecule has 0 spiro atoms. The predicted octanol–water partition coefficient (Wildman–Crippen LogP) is 13.9. The number of hydrogen-bond donors (Lipinski definition) is 0. The molecule has 0 saturated carbocycles. The maximum absolute atomic E-state index is 5.45. The summed E-state index contributed by atoms with van der Waals surface area (Å²) in [4.78, 5) is 21.1. The smallest absolute Gasteiger partial charge is 0.160 e. The van der Waals surface area contributed by atoms with E-state index >= 15 is 0 Å². The summed E-state index contributed by atoms with van der Waals surface area (Å²) in [5, 5.41) is 2.11. The molecule has 0 atom stereocenters. The van der Waals surface area contributed by atoms with Crippen molar-refractivity contribution in [3.63, 3.8) is 0 Å². The van der Waals surface area contributed by atoms with E-state index in [0.717, 1.165) is 101 Å². The first-order chi connectivity index (χ1) is 29.6. The SMILES string of the molecule is C=C/C=C\c1nc(-c2ccc(-c3cc(-c4cccc(-c5ccccc5)c4)nc(-c4ccccc4)n3)cc2)c2c(ccc3c2nc(-c2ccccc2)n3-c2ccccc2)c1C. The summed E-state index contributed by atoms with van der Waals surface area (Å²) in [5.41, 5.74) is 14.8. The Labute approximate surface area is 349 Å². The van der Waals surface area contributed by atoms with Crippen molar-refractivity contribution in [2.75, 3.05) is 0 Å². The lowest BCUT2D eigenvalue weighted by molar-refractivity contribution is 1.10. The molecule has 0 N–H and O–H groups in total. The molecule has 10 rings (SSSR count). The van der Waals surface area contributed by atoms with Crippen molar-refractivity contribution in [1.82, 2.24) is 24.5 Å². The highest BCUT2D eigenvalue weighted by Gasteiger charge is 2.21. The van der Waals surface area contributed by atoms with Gasteiger partial charge in [0.25, 0.3) is 0 Å².